The number of furan rings is 1. The monoisotopic (exact) mass is 507 g/mol. The van der Waals surface area contributed by atoms with Crippen molar-refractivity contribution in [3.8, 4) is 28.6 Å². The van der Waals surface area contributed by atoms with Crippen LogP contribution in [-0.4, -0.2) is 45.4 Å². The lowest BCUT2D eigenvalue weighted by atomic mass is 9.98. The van der Waals surface area contributed by atoms with Crippen LogP contribution in [0.25, 0.3) is 22.3 Å². The summed E-state index contributed by atoms with van der Waals surface area (Å²) < 4.78 is 23.1. The van der Waals surface area contributed by atoms with E-state index in [1.165, 1.54) is 37.9 Å². The van der Waals surface area contributed by atoms with Crippen LogP contribution in [0.2, 0.25) is 0 Å². The van der Waals surface area contributed by atoms with Crippen molar-refractivity contribution in [2.75, 3.05) is 40.5 Å². The van der Waals surface area contributed by atoms with Crippen LogP contribution in [-0.2, 0) is 6.42 Å². The molecule has 6 heteroatoms. The molecule has 36 heavy (non-hydrogen) atoms. The predicted octanol–water partition coefficient (Wildman–Crippen LogP) is 6.99. The molecule has 0 amide bonds. The number of hydrogen-bond donors (Lipinski definition) is 0. The minimum atomic E-state index is 0. The van der Waals surface area contributed by atoms with E-state index in [-0.39, 0.29) is 12.4 Å². The number of nitrogens with zero attached hydrogens (tertiary/aromatic N) is 1. The smallest absolute Gasteiger partial charge is 0.138 e. The van der Waals surface area contributed by atoms with Gasteiger partial charge >= 0.3 is 0 Å². The van der Waals surface area contributed by atoms with Crippen LogP contribution in [0.4, 0.5) is 0 Å². The lowest BCUT2D eigenvalue weighted by molar-refractivity contribution is 0.183. The van der Waals surface area contributed by atoms with Crippen LogP contribution < -0.4 is 14.2 Å². The summed E-state index contributed by atoms with van der Waals surface area (Å²) in [6.45, 7) is 4.12. The van der Waals surface area contributed by atoms with E-state index in [2.05, 4.69) is 35.2 Å². The Morgan fingerprint density at radius 1 is 0.778 bits per heavy atom. The van der Waals surface area contributed by atoms with Gasteiger partial charge in [-0.05, 0) is 80.0 Å². The first kappa shape index (κ1) is 25.9. The molecule has 0 bridgehead atoms. The molecule has 0 N–H and O–H groups in total. The van der Waals surface area contributed by atoms with Crippen LogP contribution in [0.3, 0.4) is 0 Å². The summed E-state index contributed by atoms with van der Waals surface area (Å²) in [5.41, 5.74) is 4.21. The third-order valence-corrected chi connectivity index (χ3v) is 6.78. The maximum atomic E-state index is 6.36. The quantitative estimate of drug-likeness (QED) is 0.244. The van der Waals surface area contributed by atoms with E-state index < -0.39 is 0 Å². The molecule has 1 aliphatic heterocycles. The topological polar surface area (TPSA) is 44.1 Å². The molecule has 5 rings (SSSR count). The number of likely N-dealkylation sites (tertiary alicyclic amines) is 1. The Morgan fingerprint density at radius 2 is 1.44 bits per heavy atom. The van der Waals surface area contributed by atoms with Crippen molar-refractivity contribution in [3.05, 3.63) is 77.9 Å². The molecule has 0 spiro atoms. The zero-order chi connectivity index (χ0) is 24.0. The van der Waals surface area contributed by atoms with E-state index in [0.717, 1.165) is 64.7 Å². The Hall–Kier alpha value is -3.15. The lowest BCUT2D eigenvalue weighted by Gasteiger charge is -2.26. The highest BCUT2D eigenvalue weighted by atomic mass is 35.5. The van der Waals surface area contributed by atoms with Crippen molar-refractivity contribution in [1.82, 2.24) is 4.90 Å². The summed E-state index contributed by atoms with van der Waals surface area (Å²) in [5, 5.41) is 1.10. The number of ether oxygens (including phenoxy) is 3. The molecule has 3 aromatic carbocycles. The molecule has 4 aromatic rings. The summed E-state index contributed by atoms with van der Waals surface area (Å²) in [7, 11) is 3.35. The van der Waals surface area contributed by atoms with Gasteiger partial charge in [-0.1, -0.05) is 18.6 Å². The molecule has 0 aliphatic carbocycles. The first-order valence-electron chi connectivity index (χ1n) is 12.4. The average Bonchev–Trinajstić information content (AvgIpc) is 3.27. The number of halogens is 1. The maximum absolute atomic E-state index is 6.36. The summed E-state index contributed by atoms with van der Waals surface area (Å²) >= 11 is 0. The zero-order valence-corrected chi connectivity index (χ0v) is 21.8. The molecule has 0 unspecified atom stereocenters. The van der Waals surface area contributed by atoms with Crippen LogP contribution in [0.5, 0.6) is 17.2 Å². The number of fused-ring (bicyclic) bond motifs is 1. The van der Waals surface area contributed by atoms with E-state index in [4.69, 9.17) is 18.6 Å². The van der Waals surface area contributed by atoms with E-state index in [1.54, 1.807) is 14.2 Å². The molecule has 1 aliphatic rings. The predicted molar refractivity (Wildman–Crippen MR) is 147 cm³/mol. The minimum absolute atomic E-state index is 0. The van der Waals surface area contributed by atoms with Crippen LogP contribution in [0.15, 0.2) is 71.1 Å². The Labute approximate surface area is 219 Å². The van der Waals surface area contributed by atoms with Crippen molar-refractivity contribution in [2.45, 2.75) is 25.7 Å². The summed E-state index contributed by atoms with van der Waals surface area (Å²) in [6.07, 6.45) is 4.73. The highest BCUT2D eigenvalue weighted by molar-refractivity contribution is 5.89. The van der Waals surface area contributed by atoms with Gasteiger partial charge in [0, 0.05) is 35.5 Å². The van der Waals surface area contributed by atoms with Crippen LogP contribution in [0.1, 0.15) is 30.4 Å². The molecule has 1 saturated heterocycles. The van der Waals surface area contributed by atoms with Gasteiger partial charge in [0.1, 0.15) is 35.2 Å². The fourth-order valence-corrected chi connectivity index (χ4v) is 4.79. The Morgan fingerprint density at radius 3 is 2.14 bits per heavy atom. The van der Waals surface area contributed by atoms with Gasteiger partial charge in [-0.2, -0.15) is 0 Å². The second-order valence-corrected chi connectivity index (χ2v) is 9.07. The molecule has 0 radical (unpaired) electrons. The van der Waals surface area contributed by atoms with Crippen molar-refractivity contribution in [1.29, 1.82) is 0 Å². The summed E-state index contributed by atoms with van der Waals surface area (Å²) in [6, 6.07) is 22.5. The first-order chi connectivity index (χ1) is 17.2. The van der Waals surface area contributed by atoms with Gasteiger partial charge in [0.15, 0.2) is 0 Å². The van der Waals surface area contributed by atoms with Gasteiger partial charge in [-0.3, -0.25) is 4.90 Å². The van der Waals surface area contributed by atoms with Gasteiger partial charge in [0.25, 0.3) is 0 Å². The van der Waals surface area contributed by atoms with Crippen molar-refractivity contribution < 1.29 is 18.6 Å². The number of hydrogen-bond acceptors (Lipinski definition) is 5. The van der Waals surface area contributed by atoms with Crippen molar-refractivity contribution in [3.63, 3.8) is 0 Å². The number of rotatable bonds is 9. The van der Waals surface area contributed by atoms with Crippen molar-refractivity contribution in [2.24, 2.45) is 0 Å². The Bertz CT molecular complexity index is 1240. The normalized spacial score (nSPS) is 13.8. The summed E-state index contributed by atoms with van der Waals surface area (Å²) in [4.78, 5) is 2.50. The van der Waals surface area contributed by atoms with Gasteiger partial charge < -0.3 is 18.6 Å². The second kappa shape index (κ2) is 12.2. The molecule has 1 aromatic heterocycles. The highest BCUT2D eigenvalue weighted by Gasteiger charge is 2.17. The Kier molecular flexibility index (Phi) is 8.79. The van der Waals surface area contributed by atoms with Gasteiger partial charge in [0.05, 0.1) is 14.2 Å². The largest absolute Gasteiger partial charge is 0.497 e. The molecule has 0 atom stereocenters. The van der Waals surface area contributed by atoms with Crippen LogP contribution in [0, 0.1) is 0 Å². The third kappa shape index (κ3) is 5.97. The van der Waals surface area contributed by atoms with Gasteiger partial charge in [-0.25, -0.2) is 0 Å². The fraction of sp³-hybridized carbons (Fsp3) is 0.333. The highest BCUT2D eigenvalue weighted by Crippen LogP contribution is 2.37. The SMILES string of the molecule is COc1ccc(-c2oc3cc(OC)ccc3c2Cc2ccc(OCCN3CCCCC3)cc2)cc1.Cl. The van der Waals surface area contributed by atoms with Gasteiger partial charge in [0.2, 0.25) is 0 Å². The second-order valence-electron chi connectivity index (χ2n) is 9.07. The molecular formula is C30H34ClNO4. The van der Waals surface area contributed by atoms with Crippen LogP contribution >= 0.6 is 12.4 Å². The third-order valence-electron chi connectivity index (χ3n) is 6.78. The molecule has 2 heterocycles. The Balaban J connectivity index is 0.00000304. The number of benzene rings is 3. The molecule has 5 nitrogen and oxygen atoms in total. The maximum Gasteiger partial charge on any atom is 0.138 e. The van der Waals surface area contributed by atoms with E-state index in [1.807, 2.05) is 36.4 Å². The lowest BCUT2D eigenvalue weighted by Crippen LogP contribution is -2.33. The van der Waals surface area contributed by atoms with Gasteiger partial charge in [-0.15, -0.1) is 12.4 Å². The van der Waals surface area contributed by atoms with E-state index in [9.17, 15) is 0 Å². The molecule has 1 fully saturated rings. The number of piperidine rings is 1. The standard InChI is InChI=1S/C30H33NO4.ClH/c1-32-24-12-8-23(9-13-24)30-28(27-15-14-26(33-2)21-29(27)35-30)20-22-6-10-25(11-7-22)34-19-18-31-16-4-3-5-17-31;/h6-15,21H,3-5,16-20H2,1-2H3;1H. The van der Waals surface area contributed by atoms with Crippen molar-refractivity contribution >= 4 is 23.4 Å². The molecule has 0 saturated carbocycles. The van der Waals surface area contributed by atoms with E-state index >= 15 is 0 Å². The first-order valence-corrected chi connectivity index (χ1v) is 12.4. The van der Waals surface area contributed by atoms with E-state index in [0.29, 0.717) is 0 Å². The molecular weight excluding hydrogens is 474 g/mol. The fourth-order valence-electron chi connectivity index (χ4n) is 4.79. The average molecular weight is 508 g/mol. The number of methoxy groups -OCH3 is 2. The zero-order valence-electron chi connectivity index (χ0n) is 21.0. The minimum Gasteiger partial charge on any atom is -0.497 e. The summed E-state index contributed by atoms with van der Waals surface area (Å²) in [5.74, 6) is 3.40. The molecule has 190 valence electrons.